The molecule has 0 atom stereocenters. The van der Waals surface area contributed by atoms with Gasteiger partial charge in [0.25, 0.3) is 5.91 Å². The maximum Gasteiger partial charge on any atom is 0.286 e. The zero-order valence-corrected chi connectivity index (χ0v) is 10.3. The number of hydrogen-bond acceptors (Lipinski definition) is 3. The van der Waals surface area contributed by atoms with Gasteiger partial charge in [-0.3, -0.25) is 14.4 Å². The van der Waals surface area contributed by atoms with Gasteiger partial charge < -0.3 is 9.80 Å². The fourth-order valence-electron chi connectivity index (χ4n) is 2.06. The molecule has 0 N–H and O–H groups in total. The molecular weight excluding hydrogens is 232 g/mol. The van der Waals surface area contributed by atoms with Crippen LogP contribution in [0.2, 0.25) is 0 Å². The summed E-state index contributed by atoms with van der Waals surface area (Å²) < 4.78 is 0. The van der Waals surface area contributed by atoms with E-state index in [2.05, 4.69) is 0 Å². The van der Waals surface area contributed by atoms with E-state index in [0.29, 0.717) is 19.3 Å². The van der Waals surface area contributed by atoms with Crippen molar-refractivity contribution in [3.8, 4) is 0 Å². The Hall–Kier alpha value is -2.17. The van der Waals surface area contributed by atoms with Crippen molar-refractivity contribution in [1.82, 2.24) is 4.90 Å². The molecule has 0 aliphatic carbocycles. The van der Waals surface area contributed by atoms with E-state index in [1.807, 2.05) is 18.2 Å². The van der Waals surface area contributed by atoms with Crippen LogP contribution in [0, 0.1) is 0 Å². The highest BCUT2D eigenvalue weighted by Crippen LogP contribution is 2.28. The first-order valence-corrected chi connectivity index (χ1v) is 5.61. The number of likely N-dealkylation sites (N-methyl/N-ethyl adjacent to an activating group) is 2. The lowest BCUT2D eigenvalue weighted by Crippen LogP contribution is -2.26. The van der Waals surface area contributed by atoms with E-state index in [4.69, 9.17) is 0 Å². The van der Waals surface area contributed by atoms with Gasteiger partial charge in [0, 0.05) is 26.3 Å². The first-order valence-electron chi connectivity index (χ1n) is 5.61. The zero-order chi connectivity index (χ0) is 13.3. The summed E-state index contributed by atoms with van der Waals surface area (Å²) in [6.45, 7) is 0.364. The van der Waals surface area contributed by atoms with E-state index < -0.39 is 5.91 Å². The molecule has 18 heavy (non-hydrogen) atoms. The van der Waals surface area contributed by atoms with E-state index in [0.717, 1.165) is 16.8 Å². The lowest BCUT2D eigenvalue weighted by Gasteiger charge is -2.15. The van der Waals surface area contributed by atoms with Crippen LogP contribution in [0.25, 0.3) is 0 Å². The number of hydrogen-bond donors (Lipinski definition) is 0. The van der Waals surface area contributed by atoms with Crippen LogP contribution in [0.5, 0.6) is 0 Å². The molecule has 1 aliphatic rings. The summed E-state index contributed by atoms with van der Waals surface area (Å²) in [4.78, 5) is 36.0. The second kappa shape index (κ2) is 4.60. The highest BCUT2D eigenvalue weighted by Gasteiger charge is 2.24. The molecule has 0 aromatic heterocycles. The molecule has 0 saturated heterocycles. The maximum atomic E-state index is 11.5. The van der Waals surface area contributed by atoms with Crippen LogP contribution in [-0.4, -0.2) is 37.1 Å². The van der Waals surface area contributed by atoms with Crippen molar-refractivity contribution >= 4 is 23.8 Å². The Morgan fingerprint density at radius 3 is 2.89 bits per heavy atom. The van der Waals surface area contributed by atoms with Crippen LogP contribution in [0.15, 0.2) is 18.2 Å². The molecule has 0 radical (unpaired) electrons. The van der Waals surface area contributed by atoms with Crippen LogP contribution in [0.1, 0.15) is 11.1 Å². The minimum atomic E-state index is -0.552. The normalized spacial score (nSPS) is 13.4. The van der Waals surface area contributed by atoms with Gasteiger partial charge in [0.05, 0.1) is 6.42 Å². The molecule has 1 aromatic rings. The number of nitrogens with zero attached hydrogens (tertiary/aromatic N) is 2. The monoisotopic (exact) mass is 246 g/mol. The predicted octanol–water partition coefficient (Wildman–Crippen LogP) is 0.363. The van der Waals surface area contributed by atoms with Gasteiger partial charge >= 0.3 is 0 Å². The third-order valence-electron chi connectivity index (χ3n) is 3.12. The summed E-state index contributed by atoms with van der Waals surface area (Å²) in [7, 11) is 3.32. The number of carbonyl (C=O) groups excluding carboxylic acids is 3. The molecule has 0 unspecified atom stereocenters. The third-order valence-corrected chi connectivity index (χ3v) is 3.12. The van der Waals surface area contributed by atoms with Crippen molar-refractivity contribution in [3.05, 3.63) is 29.3 Å². The first-order chi connectivity index (χ1) is 8.52. The second-order valence-electron chi connectivity index (χ2n) is 4.40. The summed E-state index contributed by atoms with van der Waals surface area (Å²) in [5.74, 6) is -0.483. The Bertz CT molecular complexity index is 525. The van der Waals surface area contributed by atoms with Gasteiger partial charge in [0.15, 0.2) is 0 Å². The van der Waals surface area contributed by atoms with E-state index in [1.165, 1.54) is 4.90 Å². The van der Waals surface area contributed by atoms with Crippen LogP contribution >= 0.6 is 0 Å². The number of aldehydes is 1. The molecular formula is C13H14N2O3. The number of amides is 2. The lowest BCUT2D eigenvalue weighted by atomic mass is 10.1. The van der Waals surface area contributed by atoms with E-state index in [9.17, 15) is 14.4 Å². The van der Waals surface area contributed by atoms with Crippen molar-refractivity contribution in [1.29, 1.82) is 0 Å². The molecule has 0 bridgehead atoms. The van der Waals surface area contributed by atoms with Crippen molar-refractivity contribution in [2.45, 2.75) is 13.0 Å². The molecule has 5 nitrogen and oxygen atoms in total. The fourth-order valence-corrected chi connectivity index (χ4v) is 2.06. The predicted molar refractivity (Wildman–Crippen MR) is 66.1 cm³/mol. The van der Waals surface area contributed by atoms with Gasteiger partial charge in [-0.25, -0.2) is 0 Å². The van der Waals surface area contributed by atoms with Gasteiger partial charge in [-0.1, -0.05) is 12.1 Å². The third kappa shape index (κ3) is 2.11. The van der Waals surface area contributed by atoms with Crippen LogP contribution in [-0.2, 0) is 27.3 Å². The summed E-state index contributed by atoms with van der Waals surface area (Å²) in [6, 6.07) is 5.64. The molecule has 1 aromatic carbocycles. The van der Waals surface area contributed by atoms with Crippen LogP contribution < -0.4 is 4.90 Å². The number of anilines is 1. The van der Waals surface area contributed by atoms with Gasteiger partial charge in [-0.2, -0.15) is 0 Å². The van der Waals surface area contributed by atoms with Crippen molar-refractivity contribution in [3.63, 3.8) is 0 Å². The Balaban J connectivity index is 2.19. The quantitative estimate of drug-likeness (QED) is 0.571. The molecule has 1 heterocycles. The summed E-state index contributed by atoms with van der Waals surface area (Å²) in [5.41, 5.74) is 2.79. The Labute approximate surface area is 105 Å². The summed E-state index contributed by atoms with van der Waals surface area (Å²) >= 11 is 0. The largest absolute Gasteiger partial charge is 0.335 e. The van der Waals surface area contributed by atoms with Gasteiger partial charge in [0.1, 0.15) is 0 Å². The minimum absolute atomic E-state index is 0.0690. The van der Waals surface area contributed by atoms with E-state index in [1.54, 1.807) is 19.0 Å². The molecule has 2 rings (SSSR count). The standard InChI is InChI=1S/C13H14N2O3/c1-14(13(18)8-16)7-9-3-4-11-10(5-9)6-12(17)15(11)2/h3-5,8H,6-7H2,1-2H3. The van der Waals surface area contributed by atoms with Gasteiger partial charge in [-0.15, -0.1) is 0 Å². The van der Waals surface area contributed by atoms with Crippen molar-refractivity contribution in [2.75, 3.05) is 19.0 Å². The fraction of sp³-hybridized carbons (Fsp3) is 0.308. The topological polar surface area (TPSA) is 57.7 Å². The van der Waals surface area contributed by atoms with Crippen LogP contribution in [0.3, 0.4) is 0 Å². The Morgan fingerprint density at radius 1 is 1.50 bits per heavy atom. The van der Waals surface area contributed by atoms with Crippen LogP contribution in [0.4, 0.5) is 5.69 Å². The minimum Gasteiger partial charge on any atom is -0.335 e. The average molecular weight is 246 g/mol. The smallest absolute Gasteiger partial charge is 0.286 e. The van der Waals surface area contributed by atoms with Gasteiger partial charge in [-0.05, 0) is 17.2 Å². The molecule has 0 fully saturated rings. The SMILES string of the molecule is CN(Cc1ccc2c(c1)CC(=O)N2C)C(=O)C=O. The molecule has 94 valence electrons. The van der Waals surface area contributed by atoms with Crippen molar-refractivity contribution in [2.24, 2.45) is 0 Å². The average Bonchev–Trinajstić information content (AvgIpc) is 2.63. The number of rotatable bonds is 3. The number of fused-ring (bicyclic) bond motifs is 1. The highest BCUT2D eigenvalue weighted by molar-refractivity contribution is 6.23. The summed E-state index contributed by atoms with van der Waals surface area (Å²) in [6.07, 6.45) is 0.690. The highest BCUT2D eigenvalue weighted by atomic mass is 16.2. The Morgan fingerprint density at radius 2 is 2.22 bits per heavy atom. The molecule has 5 heteroatoms. The maximum absolute atomic E-state index is 11.5. The molecule has 0 spiro atoms. The number of carbonyl (C=O) groups is 3. The van der Waals surface area contributed by atoms with E-state index in [-0.39, 0.29) is 5.91 Å². The zero-order valence-electron chi connectivity index (χ0n) is 10.3. The van der Waals surface area contributed by atoms with E-state index >= 15 is 0 Å². The lowest BCUT2D eigenvalue weighted by molar-refractivity contribution is -0.138. The second-order valence-corrected chi connectivity index (χ2v) is 4.40. The Kier molecular flexibility index (Phi) is 3.14. The molecule has 1 aliphatic heterocycles. The molecule has 0 saturated carbocycles. The number of benzene rings is 1. The van der Waals surface area contributed by atoms with Gasteiger partial charge in [0.2, 0.25) is 12.2 Å². The van der Waals surface area contributed by atoms with Crippen molar-refractivity contribution < 1.29 is 14.4 Å². The first kappa shape index (κ1) is 12.3. The molecule has 2 amide bonds. The summed E-state index contributed by atoms with van der Waals surface area (Å²) in [5, 5.41) is 0.